The molecule has 2 aromatic heterocycles. The molecule has 1 aromatic carbocycles. The normalized spacial score (nSPS) is 10.8. The fourth-order valence-electron chi connectivity index (χ4n) is 2.34. The first kappa shape index (κ1) is 16.4. The zero-order chi connectivity index (χ0) is 17.3. The van der Waals surface area contributed by atoms with Crippen LogP contribution in [0.4, 0.5) is 10.9 Å². The Hall–Kier alpha value is -2.45. The van der Waals surface area contributed by atoms with Crippen molar-refractivity contribution in [3.05, 3.63) is 57.2 Å². The summed E-state index contributed by atoms with van der Waals surface area (Å²) in [5, 5.41) is 7.01. The number of ketones is 1. The van der Waals surface area contributed by atoms with E-state index < -0.39 is 0 Å². The molecule has 0 aliphatic heterocycles. The van der Waals surface area contributed by atoms with E-state index in [2.05, 4.69) is 10.5 Å². The van der Waals surface area contributed by atoms with Crippen molar-refractivity contribution in [3.63, 3.8) is 0 Å². The largest absolute Gasteiger partial charge is 0.366 e. The number of aromatic nitrogens is 3. The molecule has 0 bridgehead atoms. The van der Waals surface area contributed by atoms with Gasteiger partial charge in [-0.3, -0.25) is 10.2 Å². The molecule has 0 spiro atoms. The number of aryl methyl sites for hydroxylation is 2. The molecule has 0 unspecified atom stereocenters. The summed E-state index contributed by atoms with van der Waals surface area (Å²) in [6, 6.07) is 9.62. The van der Waals surface area contributed by atoms with Crippen molar-refractivity contribution < 1.29 is 4.79 Å². The van der Waals surface area contributed by atoms with E-state index in [4.69, 9.17) is 18.0 Å². The number of hydrogen-bond donors (Lipinski definition) is 2. The highest BCUT2D eigenvalue weighted by Crippen LogP contribution is 2.17. The number of carbonyl (C=O) groups excluding carboxylic acids is 1. The molecule has 24 heavy (non-hydrogen) atoms. The first-order valence-electron chi connectivity index (χ1n) is 7.32. The Labute approximate surface area is 148 Å². The third-order valence-corrected chi connectivity index (χ3v) is 4.76. The summed E-state index contributed by atoms with van der Waals surface area (Å²) in [6.07, 6.45) is 0. The Morgan fingerprint density at radius 2 is 2.17 bits per heavy atom. The van der Waals surface area contributed by atoms with Gasteiger partial charge in [-0.05, 0) is 55.2 Å². The molecule has 0 fully saturated rings. The maximum atomic E-state index is 12.6. The summed E-state index contributed by atoms with van der Waals surface area (Å²) < 4.78 is 3.28. The van der Waals surface area contributed by atoms with Gasteiger partial charge in [0.05, 0.1) is 0 Å². The number of anilines is 2. The van der Waals surface area contributed by atoms with Gasteiger partial charge in [-0.1, -0.05) is 17.7 Å². The van der Waals surface area contributed by atoms with Crippen LogP contribution in [0.3, 0.4) is 0 Å². The second kappa shape index (κ2) is 6.58. The predicted molar refractivity (Wildman–Crippen MR) is 99.0 cm³/mol. The molecule has 124 valence electrons. The fourth-order valence-corrected chi connectivity index (χ4v) is 3.19. The maximum absolute atomic E-state index is 12.6. The zero-order valence-corrected chi connectivity index (χ0v) is 14.9. The molecule has 0 saturated carbocycles. The van der Waals surface area contributed by atoms with Crippen molar-refractivity contribution in [2.24, 2.45) is 0 Å². The number of nitrogens with two attached hydrogens (primary N) is 1. The smallest absolute Gasteiger partial charge is 0.240 e. The molecule has 6 nitrogen and oxygen atoms in total. The quantitative estimate of drug-likeness (QED) is 0.539. The van der Waals surface area contributed by atoms with Crippen LogP contribution in [0.1, 0.15) is 21.5 Å². The highest BCUT2D eigenvalue weighted by molar-refractivity contribution is 7.71. The van der Waals surface area contributed by atoms with Gasteiger partial charge in [0.25, 0.3) is 0 Å². The van der Waals surface area contributed by atoms with Crippen molar-refractivity contribution >= 4 is 40.3 Å². The van der Waals surface area contributed by atoms with Gasteiger partial charge in [0.15, 0.2) is 5.78 Å². The summed E-state index contributed by atoms with van der Waals surface area (Å²) in [4.78, 5) is 12.6. The molecule has 0 atom stereocenters. The number of nitrogens with one attached hydrogen (secondary N) is 1. The Kier molecular flexibility index (Phi) is 4.50. The van der Waals surface area contributed by atoms with Crippen molar-refractivity contribution in [3.8, 4) is 0 Å². The number of rotatable bonds is 5. The van der Waals surface area contributed by atoms with Crippen LogP contribution < -0.4 is 11.2 Å². The zero-order valence-electron chi connectivity index (χ0n) is 13.3. The summed E-state index contributed by atoms with van der Waals surface area (Å²) >= 11 is 6.91. The molecular weight excluding hydrogens is 342 g/mol. The van der Waals surface area contributed by atoms with Gasteiger partial charge in [-0.25, -0.2) is 4.68 Å². The molecule has 0 aliphatic rings. The van der Waals surface area contributed by atoms with Crippen LogP contribution in [0.25, 0.3) is 0 Å². The summed E-state index contributed by atoms with van der Waals surface area (Å²) in [7, 11) is 0. The lowest BCUT2D eigenvalue weighted by molar-refractivity contribution is 0.0966. The lowest BCUT2D eigenvalue weighted by Gasteiger charge is -2.07. The van der Waals surface area contributed by atoms with Crippen LogP contribution >= 0.6 is 23.6 Å². The van der Waals surface area contributed by atoms with E-state index in [0.29, 0.717) is 10.3 Å². The molecular formula is C16H17N5OS2. The van der Waals surface area contributed by atoms with Crippen molar-refractivity contribution in [2.75, 3.05) is 11.2 Å². The molecule has 3 rings (SSSR count). The number of thiophene rings is 1. The fraction of sp³-hybridized carbons (Fsp3) is 0.188. The van der Waals surface area contributed by atoms with Crippen LogP contribution in [0.2, 0.25) is 0 Å². The molecule has 0 amide bonds. The van der Waals surface area contributed by atoms with E-state index in [9.17, 15) is 4.79 Å². The number of hydrogen-bond acceptors (Lipinski definition) is 6. The van der Waals surface area contributed by atoms with Gasteiger partial charge in [0.2, 0.25) is 10.7 Å². The Balaban J connectivity index is 1.87. The van der Waals surface area contributed by atoms with E-state index in [1.165, 1.54) is 20.7 Å². The van der Waals surface area contributed by atoms with E-state index in [-0.39, 0.29) is 18.3 Å². The lowest BCUT2D eigenvalue weighted by Crippen LogP contribution is -2.15. The van der Waals surface area contributed by atoms with Gasteiger partial charge < -0.3 is 5.73 Å². The first-order valence-corrected chi connectivity index (χ1v) is 8.61. The van der Waals surface area contributed by atoms with Crippen LogP contribution in [0.15, 0.2) is 35.7 Å². The summed E-state index contributed by atoms with van der Waals surface area (Å²) in [5.41, 5.74) is 11.7. The van der Waals surface area contributed by atoms with Crippen LogP contribution in [-0.2, 0) is 6.54 Å². The summed E-state index contributed by atoms with van der Waals surface area (Å²) in [5.74, 6) is 0.162. The van der Waals surface area contributed by atoms with Crippen LogP contribution in [0, 0.1) is 18.6 Å². The highest BCUT2D eigenvalue weighted by atomic mass is 32.1. The van der Waals surface area contributed by atoms with Crippen molar-refractivity contribution in [1.82, 2.24) is 14.5 Å². The van der Waals surface area contributed by atoms with Gasteiger partial charge in [0, 0.05) is 5.56 Å². The average Bonchev–Trinajstić information content (AvgIpc) is 3.14. The van der Waals surface area contributed by atoms with Crippen molar-refractivity contribution in [1.29, 1.82) is 0 Å². The lowest BCUT2D eigenvalue weighted by atomic mass is 10.0. The molecule has 3 aromatic rings. The SMILES string of the molecule is Cc1ccc(C)c(C(=O)Cn2nc(N)n(Nc3cccs3)c2=S)c1. The number of benzene rings is 1. The standard InChI is InChI=1S/C16H17N5OS2/c1-10-5-6-11(2)12(8-10)13(22)9-20-16(23)21(15(17)19-20)18-14-4-3-7-24-14/h3-8,18H,9H2,1-2H3,(H2,17,19). The van der Waals surface area contributed by atoms with E-state index in [0.717, 1.165) is 16.1 Å². The molecule has 0 radical (unpaired) electrons. The maximum Gasteiger partial charge on any atom is 0.240 e. The monoisotopic (exact) mass is 359 g/mol. The van der Waals surface area contributed by atoms with Crippen LogP contribution in [-0.4, -0.2) is 20.2 Å². The first-order chi connectivity index (χ1) is 11.5. The molecule has 8 heteroatoms. The number of carbonyl (C=O) groups is 1. The topological polar surface area (TPSA) is 77.9 Å². The second-order valence-electron chi connectivity index (χ2n) is 5.46. The van der Waals surface area contributed by atoms with Crippen molar-refractivity contribution in [2.45, 2.75) is 20.4 Å². The minimum absolute atomic E-state index is 0.0481. The van der Waals surface area contributed by atoms with Gasteiger partial charge in [-0.2, -0.15) is 4.68 Å². The Morgan fingerprint density at radius 1 is 1.38 bits per heavy atom. The third kappa shape index (κ3) is 3.24. The predicted octanol–water partition coefficient (Wildman–Crippen LogP) is 3.43. The number of nitrogen functional groups attached to an aromatic ring is 1. The minimum atomic E-state index is -0.0481. The Bertz CT molecular complexity index is 940. The third-order valence-electron chi connectivity index (χ3n) is 3.59. The second-order valence-corrected chi connectivity index (χ2v) is 6.78. The molecule has 3 N–H and O–H groups in total. The van der Waals surface area contributed by atoms with E-state index >= 15 is 0 Å². The average molecular weight is 359 g/mol. The van der Waals surface area contributed by atoms with E-state index in [1.54, 1.807) is 0 Å². The van der Waals surface area contributed by atoms with Gasteiger partial charge in [0.1, 0.15) is 11.5 Å². The number of nitrogens with zero attached hydrogens (tertiary/aromatic N) is 3. The highest BCUT2D eigenvalue weighted by Gasteiger charge is 2.15. The molecule has 0 aliphatic carbocycles. The minimum Gasteiger partial charge on any atom is -0.366 e. The van der Waals surface area contributed by atoms with Gasteiger partial charge >= 0.3 is 0 Å². The Morgan fingerprint density at radius 3 is 2.88 bits per heavy atom. The van der Waals surface area contributed by atoms with Gasteiger partial charge in [-0.15, -0.1) is 16.4 Å². The molecule has 0 saturated heterocycles. The summed E-state index contributed by atoms with van der Waals surface area (Å²) in [6.45, 7) is 3.92. The van der Waals surface area contributed by atoms with Crippen LogP contribution in [0.5, 0.6) is 0 Å². The molecule has 2 heterocycles. The van der Waals surface area contributed by atoms with E-state index in [1.807, 2.05) is 49.6 Å². The number of Topliss-reactive ketones (excluding diaryl/α,β-unsaturated/α-hetero) is 1.